The molecule has 0 radical (unpaired) electrons. The van der Waals surface area contributed by atoms with Crippen LogP contribution >= 0.6 is 0 Å². The van der Waals surface area contributed by atoms with Crippen LogP contribution in [-0.4, -0.2) is 21.6 Å². The van der Waals surface area contributed by atoms with Crippen LogP contribution in [0.5, 0.6) is 5.75 Å². The Morgan fingerprint density at radius 3 is 2.93 bits per heavy atom. The van der Waals surface area contributed by atoms with Gasteiger partial charge in [0.2, 0.25) is 0 Å². The van der Waals surface area contributed by atoms with Crippen molar-refractivity contribution in [3.63, 3.8) is 0 Å². The lowest BCUT2D eigenvalue weighted by Gasteiger charge is -2.06. The van der Waals surface area contributed by atoms with Crippen LogP contribution in [0.25, 0.3) is 0 Å². The van der Waals surface area contributed by atoms with Gasteiger partial charge in [-0.15, -0.1) is 5.10 Å². The number of hydrogen-bond donors (Lipinski definition) is 0. The van der Waals surface area contributed by atoms with E-state index in [-0.39, 0.29) is 11.6 Å². The maximum Gasteiger partial charge on any atom is 0.165 e. The molecule has 0 spiro atoms. The Labute approximate surface area is 86.3 Å². The van der Waals surface area contributed by atoms with Crippen molar-refractivity contribution < 1.29 is 9.13 Å². The monoisotopic (exact) mass is 207 g/mol. The van der Waals surface area contributed by atoms with E-state index in [0.29, 0.717) is 13.2 Å². The molecule has 0 fully saturated rings. The Balaban J connectivity index is 1.86. The largest absolute Gasteiger partial charge is 0.489 e. The molecular formula is C10H10FN3O. The summed E-state index contributed by atoms with van der Waals surface area (Å²) in [6, 6.07) is 6.31. The van der Waals surface area contributed by atoms with Crippen LogP contribution in [0.2, 0.25) is 0 Å². The molecule has 0 aliphatic heterocycles. The lowest BCUT2D eigenvalue weighted by atomic mass is 10.3. The van der Waals surface area contributed by atoms with Gasteiger partial charge in [0.05, 0.1) is 12.7 Å². The van der Waals surface area contributed by atoms with E-state index in [4.69, 9.17) is 4.74 Å². The molecule has 15 heavy (non-hydrogen) atoms. The number of benzene rings is 1. The summed E-state index contributed by atoms with van der Waals surface area (Å²) in [5.74, 6) is -0.0892. The Bertz CT molecular complexity index is 416. The van der Waals surface area contributed by atoms with E-state index < -0.39 is 0 Å². The first-order valence-electron chi connectivity index (χ1n) is 4.58. The average Bonchev–Trinajstić information content (AvgIpc) is 2.74. The van der Waals surface area contributed by atoms with Crippen LogP contribution in [0.3, 0.4) is 0 Å². The second-order valence-corrected chi connectivity index (χ2v) is 2.95. The van der Waals surface area contributed by atoms with Crippen LogP contribution in [0.4, 0.5) is 4.39 Å². The van der Waals surface area contributed by atoms with E-state index >= 15 is 0 Å². The third-order valence-corrected chi connectivity index (χ3v) is 1.89. The molecule has 1 heterocycles. The van der Waals surface area contributed by atoms with Crippen molar-refractivity contribution in [1.29, 1.82) is 0 Å². The number of ether oxygens (including phenoxy) is 1. The van der Waals surface area contributed by atoms with Crippen molar-refractivity contribution in [2.45, 2.75) is 6.54 Å². The fourth-order valence-corrected chi connectivity index (χ4v) is 1.16. The zero-order chi connectivity index (χ0) is 10.5. The molecule has 0 aliphatic carbocycles. The maximum absolute atomic E-state index is 13.1. The normalized spacial score (nSPS) is 10.2. The molecule has 0 unspecified atom stereocenters. The second-order valence-electron chi connectivity index (χ2n) is 2.95. The Kier molecular flexibility index (Phi) is 2.92. The first kappa shape index (κ1) is 9.64. The molecule has 2 rings (SSSR count). The number of aromatic nitrogens is 3. The average molecular weight is 207 g/mol. The molecule has 0 amide bonds. The van der Waals surface area contributed by atoms with Crippen molar-refractivity contribution in [3.8, 4) is 5.75 Å². The van der Waals surface area contributed by atoms with Crippen LogP contribution in [0, 0.1) is 5.82 Å². The van der Waals surface area contributed by atoms with Gasteiger partial charge in [0.15, 0.2) is 11.6 Å². The quantitative estimate of drug-likeness (QED) is 0.762. The third-order valence-electron chi connectivity index (χ3n) is 1.89. The van der Waals surface area contributed by atoms with E-state index in [1.807, 2.05) is 0 Å². The van der Waals surface area contributed by atoms with E-state index in [1.54, 1.807) is 35.3 Å². The molecule has 0 saturated heterocycles. The summed E-state index contributed by atoms with van der Waals surface area (Å²) < 4.78 is 20.0. The van der Waals surface area contributed by atoms with Crippen LogP contribution in [0.1, 0.15) is 0 Å². The summed E-state index contributed by atoms with van der Waals surface area (Å²) in [7, 11) is 0. The molecule has 1 aromatic heterocycles. The Hall–Kier alpha value is -1.91. The minimum absolute atomic E-state index is 0.262. The number of halogens is 1. The molecule has 2 aromatic rings. The SMILES string of the molecule is Fc1ccccc1OCCn1ccnn1. The van der Waals surface area contributed by atoms with E-state index in [2.05, 4.69) is 10.3 Å². The van der Waals surface area contributed by atoms with Crippen LogP contribution in [0.15, 0.2) is 36.7 Å². The molecule has 5 heteroatoms. The molecule has 0 saturated carbocycles. The molecule has 4 nitrogen and oxygen atoms in total. The summed E-state index contributed by atoms with van der Waals surface area (Å²) >= 11 is 0. The van der Waals surface area contributed by atoms with E-state index in [0.717, 1.165) is 0 Å². The highest BCUT2D eigenvalue weighted by Crippen LogP contribution is 2.14. The summed E-state index contributed by atoms with van der Waals surface area (Å²) in [5, 5.41) is 7.41. The molecular weight excluding hydrogens is 197 g/mol. The van der Waals surface area contributed by atoms with Gasteiger partial charge >= 0.3 is 0 Å². The molecule has 0 bridgehead atoms. The van der Waals surface area contributed by atoms with Crippen LogP contribution < -0.4 is 4.74 Å². The summed E-state index contributed by atoms with van der Waals surface area (Å²) in [6.07, 6.45) is 3.31. The topological polar surface area (TPSA) is 39.9 Å². The van der Waals surface area contributed by atoms with Gasteiger partial charge in [0.25, 0.3) is 0 Å². The van der Waals surface area contributed by atoms with Crippen molar-refractivity contribution in [2.75, 3.05) is 6.61 Å². The van der Waals surface area contributed by atoms with Gasteiger partial charge in [-0.05, 0) is 12.1 Å². The van der Waals surface area contributed by atoms with Gasteiger partial charge < -0.3 is 4.74 Å². The van der Waals surface area contributed by atoms with Gasteiger partial charge in [-0.3, -0.25) is 0 Å². The predicted octanol–water partition coefficient (Wildman–Crippen LogP) is 1.50. The van der Waals surface area contributed by atoms with E-state index in [1.165, 1.54) is 6.07 Å². The molecule has 78 valence electrons. The van der Waals surface area contributed by atoms with Gasteiger partial charge in [-0.1, -0.05) is 17.3 Å². The fourth-order valence-electron chi connectivity index (χ4n) is 1.16. The zero-order valence-electron chi connectivity index (χ0n) is 8.01. The second kappa shape index (κ2) is 4.54. The Morgan fingerprint density at radius 2 is 2.20 bits per heavy atom. The number of rotatable bonds is 4. The predicted molar refractivity (Wildman–Crippen MR) is 51.9 cm³/mol. The van der Waals surface area contributed by atoms with E-state index in [9.17, 15) is 4.39 Å². The molecule has 1 aromatic carbocycles. The smallest absolute Gasteiger partial charge is 0.165 e. The van der Waals surface area contributed by atoms with Gasteiger partial charge in [-0.25, -0.2) is 9.07 Å². The lowest BCUT2D eigenvalue weighted by molar-refractivity contribution is 0.277. The number of para-hydroxylation sites is 1. The number of hydrogen-bond acceptors (Lipinski definition) is 3. The van der Waals surface area contributed by atoms with Crippen molar-refractivity contribution >= 4 is 0 Å². The first-order chi connectivity index (χ1) is 7.36. The minimum Gasteiger partial charge on any atom is -0.489 e. The summed E-state index contributed by atoms with van der Waals surface area (Å²) in [4.78, 5) is 0. The third kappa shape index (κ3) is 2.52. The molecule has 0 atom stereocenters. The highest BCUT2D eigenvalue weighted by Gasteiger charge is 2.00. The van der Waals surface area contributed by atoms with Crippen molar-refractivity contribution in [3.05, 3.63) is 42.5 Å². The first-order valence-corrected chi connectivity index (χ1v) is 4.58. The summed E-state index contributed by atoms with van der Waals surface area (Å²) in [5.41, 5.74) is 0. The standard InChI is InChI=1S/C10H10FN3O/c11-9-3-1-2-4-10(9)15-8-7-14-6-5-12-13-14/h1-6H,7-8H2. The fraction of sp³-hybridized carbons (Fsp3) is 0.200. The van der Waals surface area contributed by atoms with Crippen LogP contribution in [-0.2, 0) is 6.54 Å². The summed E-state index contributed by atoms with van der Waals surface area (Å²) in [6.45, 7) is 0.915. The Morgan fingerprint density at radius 1 is 1.33 bits per heavy atom. The van der Waals surface area contributed by atoms with Crippen molar-refractivity contribution in [1.82, 2.24) is 15.0 Å². The van der Waals surface area contributed by atoms with Crippen molar-refractivity contribution in [2.24, 2.45) is 0 Å². The number of nitrogens with zero attached hydrogens (tertiary/aromatic N) is 3. The molecule has 0 aliphatic rings. The van der Waals surface area contributed by atoms with Gasteiger partial charge in [0, 0.05) is 6.20 Å². The minimum atomic E-state index is -0.351. The highest BCUT2D eigenvalue weighted by molar-refractivity contribution is 5.23. The zero-order valence-corrected chi connectivity index (χ0v) is 8.01. The molecule has 0 N–H and O–H groups in total. The van der Waals surface area contributed by atoms with Gasteiger partial charge in [-0.2, -0.15) is 0 Å². The van der Waals surface area contributed by atoms with Gasteiger partial charge in [0.1, 0.15) is 6.61 Å². The highest BCUT2D eigenvalue weighted by atomic mass is 19.1. The maximum atomic E-state index is 13.1. The lowest BCUT2D eigenvalue weighted by Crippen LogP contribution is -2.09.